The molecule has 1 N–H and O–H groups in total. The Hall–Kier alpha value is -3.15. The van der Waals surface area contributed by atoms with Gasteiger partial charge in [-0.2, -0.15) is 0 Å². The van der Waals surface area contributed by atoms with E-state index in [4.69, 9.17) is 18.9 Å². The summed E-state index contributed by atoms with van der Waals surface area (Å²) in [5.41, 5.74) is -1.41. The van der Waals surface area contributed by atoms with Crippen LogP contribution in [0.3, 0.4) is 0 Å². The number of aromatic nitrogens is 2. The van der Waals surface area contributed by atoms with Gasteiger partial charge in [0.25, 0.3) is 5.56 Å². The fourth-order valence-corrected chi connectivity index (χ4v) is 3.17. The van der Waals surface area contributed by atoms with Gasteiger partial charge < -0.3 is 23.8 Å². The lowest BCUT2D eigenvalue weighted by molar-refractivity contribution is -0.165. The highest BCUT2D eigenvalue weighted by atomic mass is 16.6. The number of carbonyl (C=O) groups is 3. The first kappa shape index (κ1) is 19.6. The predicted octanol–water partition coefficient (Wildman–Crippen LogP) is -1.25. The van der Waals surface area contributed by atoms with Gasteiger partial charge in [0, 0.05) is 26.1 Å². The summed E-state index contributed by atoms with van der Waals surface area (Å²) in [6.45, 7) is 2.84. The second kappa shape index (κ2) is 7.84. The summed E-state index contributed by atoms with van der Waals surface area (Å²) >= 11 is 0. The highest BCUT2D eigenvalue weighted by molar-refractivity contribution is 5.69. The molecule has 0 unspecified atom stereocenters. The van der Waals surface area contributed by atoms with E-state index in [1.165, 1.54) is 18.0 Å². The number of ether oxygens (including phenoxy) is 4. The summed E-state index contributed by atoms with van der Waals surface area (Å²) in [6, 6.07) is 1.10. The highest BCUT2D eigenvalue weighted by Gasteiger charge is 2.51. The van der Waals surface area contributed by atoms with Crippen molar-refractivity contribution < 1.29 is 33.3 Å². The summed E-state index contributed by atoms with van der Waals surface area (Å²) in [4.78, 5) is 61.9. The fourth-order valence-electron chi connectivity index (χ4n) is 3.17. The monoisotopic (exact) mass is 397 g/mol. The summed E-state index contributed by atoms with van der Waals surface area (Å²) in [7, 11) is 0. The molecule has 0 aliphatic carbocycles. The number of nitrogens with zero attached hydrogens (tertiary/aromatic N) is 2. The SMILES string of the molecule is CC(=O)O[C@@H]1[C@H](OC(C)=O)[C@@H](n2ccc(=O)[nH]c2=O)O[C@H]1CN1CCOC1=O. The molecule has 2 aliphatic rings. The van der Waals surface area contributed by atoms with Crippen LogP contribution < -0.4 is 11.2 Å². The summed E-state index contributed by atoms with van der Waals surface area (Å²) in [5.74, 6) is -1.34. The van der Waals surface area contributed by atoms with Crippen molar-refractivity contribution in [2.75, 3.05) is 19.7 Å². The van der Waals surface area contributed by atoms with Gasteiger partial charge in [0.2, 0.25) is 0 Å². The average Bonchev–Trinajstić information content (AvgIpc) is 3.13. The number of hydrogen-bond acceptors (Lipinski definition) is 9. The average molecular weight is 397 g/mol. The molecule has 1 aromatic rings. The van der Waals surface area contributed by atoms with E-state index in [0.717, 1.165) is 17.6 Å². The van der Waals surface area contributed by atoms with Crippen LogP contribution in [0.5, 0.6) is 0 Å². The summed E-state index contributed by atoms with van der Waals surface area (Å²) in [5, 5.41) is 0. The topological polar surface area (TPSA) is 146 Å². The van der Waals surface area contributed by atoms with Crippen molar-refractivity contribution >= 4 is 18.0 Å². The minimum atomic E-state index is -1.18. The third kappa shape index (κ3) is 4.06. The van der Waals surface area contributed by atoms with Crippen LogP contribution in [0, 0.1) is 0 Å². The first-order chi connectivity index (χ1) is 13.3. The van der Waals surface area contributed by atoms with E-state index in [2.05, 4.69) is 4.98 Å². The van der Waals surface area contributed by atoms with Crippen molar-refractivity contribution in [1.29, 1.82) is 0 Å². The maximum atomic E-state index is 12.2. The van der Waals surface area contributed by atoms with E-state index >= 15 is 0 Å². The Morgan fingerprint density at radius 1 is 1.18 bits per heavy atom. The van der Waals surface area contributed by atoms with Crippen LogP contribution in [0.25, 0.3) is 0 Å². The molecule has 3 rings (SSSR count). The molecule has 4 atom stereocenters. The van der Waals surface area contributed by atoms with Gasteiger partial charge >= 0.3 is 23.7 Å². The van der Waals surface area contributed by atoms with E-state index in [9.17, 15) is 24.0 Å². The van der Waals surface area contributed by atoms with Gasteiger partial charge in [0.1, 0.15) is 12.7 Å². The predicted molar refractivity (Wildman–Crippen MR) is 89.3 cm³/mol. The van der Waals surface area contributed by atoms with Gasteiger partial charge in [0.15, 0.2) is 18.4 Å². The first-order valence-corrected chi connectivity index (χ1v) is 8.49. The molecule has 12 heteroatoms. The Balaban J connectivity index is 1.96. The third-order valence-electron chi connectivity index (χ3n) is 4.26. The van der Waals surface area contributed by atoms with Crippen molar-refractivity contribution in [3.05, 3.63) is 33.1 Å². The molecule has 1 aromatic heterocycles. The maximum absolute atomic E-state index is 12.2. The van der Waals surface area contributed by atoms with Crippen LogP contribution >= 0.6 is 0 Å². The van der Waals surface area contributed by atoms with Gasteiger partial charge in [0.05, 0.1) is 13.1 Å². The number of nitrogens with one attached hydrogen (secondary N) is 1. The number of rotatable bonds is 5. The molecule has 12 nitrogen and oxygen atoms in total. The van der Waals surface area contributed by atoms with Crippen LogP contribution in [0.2, 0.25) is 0 Å². The standard InChI is InChI=1S/C16H19N3O9/c1-8(20)26-12-10(7-18-5-6-25-16(18)24)28-14(13(12)27-9(2)21)19-4-3-11(22)17-15(19)23/h3-4,10,12-14H,5-7H2,1-2H3,(H,17,22,23)/t10-,12-,13-,14-/m0/s1. The summed E-state index contributed by atoms with van der Waals surface area (Å²) < 4.78 is 22.3. The van der Waals surface area contributed by atoms with E-state index in [1.54, 1.807) is 0 Å². The van der Waals surface area contributed by atoms with Crippen molar-refractivity contribution in [1.82, 2.24) is 14.5 Å². The number of carbonyl (C=O) groups excluding carboxylic acids is 3. The second-order valence-corrected chi connectivity index (χ2v) is 6.29. The molecule has 0 bridgehead atoms. The van der Waals surface area contributed by atoms with Crippen molar-refractivity contribution in [3.8, 4) is 0 Å². The molecule has 0 saturated carbocycles. The number of cyclic esters (lactones) is 1. The normalized spacial score (nSPS) is 26.8. The van der Waals surface area contributed by atoms with Crippen LogP contribution in [0.15, 0.2) is 21.9 Å². The lowest BCUT2D eigenvalue weighted by Crippen LogP contribution is -2.44. The van der Waals surface area contributed by atoms with E-state index in [1.807, 2.05) is 0 Å². The molecule has 1 amide bonds. The number of hydrogen-bond donors (Lipinski definition) is 1. The molecule has 2 fully saturated rings. The zero-order valence-electron chi connectivity index (χ0n) is 15.2. The molecular weight excluding hydrogens is 378 g/mol. The van der Waals surface area contributed by atoms with Crippen LogP contribution in [0.1, 0.15) is 20.1 Å². The van der Waals surface area contributed by atoms with Crippen molar-refractivity contribution in [2.45, 2.75) is 38.4 Å². The van der Waals surface area contributed by atoms with Crippen molar-refractivity contribution in [3.63, 3.8) is 0 Å². The van der Waals surface area contributed by atoms with E-state index in [-0.39, 0.29) is 13.2 Å². The molecular formula is C16H19N3O9. The molecule has 0 spiro atoms. The molecule has 0 radical (unpaired) electrons. The molecule has 28 heavy (non-hydrogen) atoms. The Morgan fingerprint density at radius 3 is 2.43 bits per heavy atom. The minimum absolute atomic E-state index is 0.0108. The lowest BCUT2D eigenvalue weighted by Gasteiger charge is -2.25. The third-order valence-corrected chi connectivity index (χ3v) is 4.26. The first-order valence-electron chi connectivity index (χ1n) is 8.49. The highest BCUT2D eigenvalue weighted by Crippen LogP contribution is 2.34. The molecule has 152 valence electrons. The molecule has 0 aromatic carbocycles. The van der Waals surface area contributed by atoms with Crippen LogP contribution in [-0.2, 0) is 28.5 Å². The fraction of sp³-hybridized carbons (Fsp3) is 0.562. The largest absolute Gasteiger partial charge is 0.456 e. The van der Waals surface area contributed by atoms with Gasteiger partial charge in [-0.1, -0.05) is 0 Å². The van der Waals surface area contributed by atoms with E-state index in [0.29, 0.717) is 6.54 Å². The van der Waals surface area contributed by atoms with Crippen LogP contribution in [-0.4, -0.2) is 70.5 Å². The van der Waals surface area contributed by atoms with Gasteiger partial charge in [-0.3, -0.25) is 23.9 Å². The van der Waals surface area contributed by atoms with Crippen molar-refractivity contribution in [2.24, 2.45) is 0 Å². The zero-order valence-corrected chi connectivity index (χ0v) is 15.2. The zero-order chi connectivity index (χ0) is 20.4. The Bertz CT molecular complexity index is 892. The number of esters is 2. The lowest BCUT2D eigenvalue weighted by atomic mass is 10.1. The summed E-state index contributed by atoms with van der Waals surface area (Å²) in [6.07, 6.45) is -3.71. The van der Waals surface area contributed by atoms with Gasteiger partial charge in [-0.05, 0) is 0 Å². The Kier molecular flexibility index (Phi) is 5.49. The molecule has 3 heterocycles. The van der Waals surface area contributed by atoms with E-state index < -0.39 is 53.8 Å². The second-order valence-electron chi connectivity index (χ2n) is 6.29. The maximum Gasteiger partial charge on any atom is 0.410 e. The molecule has 2 saturated heterocycles. The number of amides is 1. The number of H-pyrrole nitrogens is 1. The van der Waals surface area contributed by atoms with Gasteiger partial charge in [-0.25, -0.2) is 9.59 Å². The number of aromatic amines is 1. The Labute approximate surface area is 157 Å². The quantitative estimate of drug-likeness (QED) is 0.475. The Morgan fingerprint density at radius 2 is 1.86 bits per heavy atom. The van der Waals surface area contributed by atoms with Crippen LogP contribution in [0.4, 0.5) is 4.79 Å². The van der Waals surface area contributed by atoms with Gasteiger partial charge in [-0.15, -0.1) is 0 Å². The smallest absolute Gasteiger partial charge is 0.410 e. The minimum Gasteiger partial charge on any atom is -0.456 e. The molecule has 2 aliphatic heterocycles.